The molecule has 0 atom stereocenters. The molecule has 1 amide bonds. The Morgan fingerprint density at radius 2 is 1.29 bits per heavy atom. The first-order valence-electron chi connectivity index (χ1n) is 12.1. The van der Waals surface area contributed by atoms with E-state index < -0.39 is 0 Å². The molecule has 0 spiro atoms. The highest BCUT2D eigenvalue weighted by atomic mass is 16.1. The molecule has 4 N–H and O–H groups in total. The van der Waals surface area contributed by atoms with Crippen LogP contribution in [0.1, 0.15) is 110 Å². The number of carbonyl (C=O) groups is 1. The Kier molecular flexibility index (Phi) is 23.4. The summed E-state index contributed by atoms with van der Waals surface area (Å²) in [4.78, 5) is 11.8. The Labute approximate surface area is 175 Å². The summed E-state index contributed by atoms with van der Waals surface area (Å²) < 4.78 is 0. The van der Waals surface area contributed by atoms with Gasteiger partial charge in [0.1, 0.15) is 0 Å². The van der Waals surface area contributed by atoms with E-state index in [0.717, 1.165) is 45.4 Å². The molecule has 0 rings (SSSR count). The number of allylic oxidation sites excluding steroid dienone is 2. The van der Waals surface area contributed by atoms with Gasteiger partial charge in [-0.05, 0) is 64.6 Å². The highest BCUT2D eigenvalue weighted by Crippen LogP contribution is 2.09. The number of nitrogens with one attached hydrogen (secondary N) is 2. The molecule has 0 bridgehead atoms. The number of hydrogen-bond acceptors (Lipinski definition) is 3. The van der Waals surface area contributed by atoms with E-state index in [1.165, 1.54) is 77.0 Å². The van der Waals surface area contributed by atoms with Gasteiger partial charge >= 0.3 is 0 Å². The predicted octanol–water partition coefficient (Wildman–Crippen LogP) is 5.47. The lowest BCUT2D eigenvalue weighted by molar-refractivity contribution is -0.121. The summed E-state index contributed by atoms with van der Waals surface area (Å²) in [7, 11) is 0. The molecule has 28 heavy (non-hydrogen) atoms. The molecule has 4 nitrogen and oxygen atoms in total. The zero-order valence-corrected chi connectivity index (χ0v) is 18.8. The largest absolute Gasteiger partial charge is 0.356 e. The van der Waals surface area contributed by atoms with Crippen molar-refractivity contribution in [3.05, 3.63) is 12.2 Å². The fourth-order valence-electron chi connectivity index (χ4n) is 3.24. The minimum Gasteiger partial charge on any atom is -0.356 e. The third kappa shape index (κ3) is 23.2. The average molecular weight is 396 g/mol. The van der Waals surface area contributed by atoms with Crippen molar-refractivity contribution < 1.29 is 4.79 Å². The minimum absolute atomic E-state index is 0.208. The van der Waals surface area contributed by atoms with Crippen molar-refractivity contribution in [3.63, 3.8) is 0 Å². The molecular weight excluding hydrogens is 346 g/mol. The van der Waals surface area contributed by atoms with Gasteiger partial charge in [0.15, 0.2) is 0 Å². The van der Waals surface area contributed by atoms with Gasteiger partial charge in [0.2, 0.25) is 5.91 Å². The molecule has 166 valence electrons. The van der Waals surface area contributed by atoms with Crippen LogP contribution in [-0.4, -0.2) is 32.1 Å². The van der Waals surface area contributed by atoms with Crippen LogP contribution in [0.4, 0.5) is 0 Å². The molecule has 0 aromatic heterocycles. The van der Waals surface area contributed by atoms with Gasteiger partial charge in [-0.1, -0.05) is 70.4 Å². The lowest BCUT2D eigenvalue weighted by Crippen LogP contribution is -2.27. The normalized spacial score (nSPS) is 11.4. The van der Waals surface area contributed by atoms with Crippen LogP contribution in [0.15, 0.2) is 12.2 Å². The van der Waals surface area contributed by atoms with Gasteiger partial charge in [0, 0.05) is 13.0 Å². The van der Waals surface area contributed by atoms with E-state index in [-0.39, 0.29) is 5.91 Å². The van der Waals surface area contributed by atoms with Gasteiger partial charge in [-0.2, -0.15) is 0 Å². The monoisotopic (exact) mass is 395 g/mol. The van der Waals surface area contributed by atoms with Crippen LogP contribution in [0, 0.1) is 0 Å². The Morgan fingerprint density at radius 1 is 0.714 bits per heavy atom. The molecule has 0 aliphatic heterocycles. The first-order valence-corrected chi connectivity index (χ1v) is 12.1. The molecule has 0 unspecified atom stereocenters. The van der Waals surface area contributed by atoms with Crippen molar-refractivity contribution in [2.24, 2.45) is 5.73 Å². The maximum Gasteiger partial charge on any atom is 0.219 e. The molecule has 0 saturated heterocycles. The standard InChI is InChI=1S/C24H49N3O/c1-2-3-4-5-6-7-8-9-10-11-12-13-14-15-16-19-24(28)27-23-18-22-26-21-17-20-25/h9-10,26H,2-8,11-23,25H2,1H3,(H,27,28)/b10-9-. The molecule has 0 aromatic rings. The SMILES string of the molecule is CCCCCCCC/C=C\CCCCCCCC(=O)NCCCNCCCN. The van der Waals surface area contributed by atoms with E-state index >= 15 is 0 Å². The summed E-state index contributed by atoms with van der Waals surface area (Å²) >= 11 is 0. The molecule has 0 saturated carbocycles. The Morgan fingerprint density at radius 3 is 1.93 bits per heavy atom. The number of carbonyl (C=O) groups excluding carboxylic acids is 1. The summed E-state index contributed by atoms with van der Waals surface area (Å²) in [6.45, 7) is 5.71. The Hall–Kier alpha value is -0.870. The van der Waals surface area contributed by atoms with Crippen LogP contribution in [-0.2, 0) is 4.79 Å². The maximum atomic E-state index is 11.8. The topological polar surface area (TPSA) is 67.2 Å². The zero-order valence-electron chi connectivity index (χ0n) is 18.8. The van der Waals surface area contributed by atoms with Crippen LogP contribution in [0.3, 0.4) is 0 Å². The van der Waals surface area contributed by atoms with E-state index in [2.05, 4.69) is 29.7 Å². The number of nitrogens with two attached hydrogens (primary N) is 1. The van der Waals surface area contributed by atoms with Crippen molar-refractivity contribution in [1.82, 2.24) is 10.6 Å². The average Bonchev–Trinajstić information content (AvgIpc) is 2.70. The number of hydrogen-bond donors (Lipinski definition) is 3. The quantitative estimate of drug-likeness (QED) is 0.168. The molecule has 4 heteroatoms. The molecule has 0 heterocycles. The maximum absolute atomic E-state index is 11.8. The highest BCUT2D eigenvalue weighted by Gasteiger charge is 2.00. The van der Waals surface area contributed by atoms with Crippen molar-refractivity contribution in [2.45, 2.75) is 110 Å². The summed E-state index contributed by atoms with van der Waals surface area (Å²) in [5.74, 6) is 0.208. The molecular formula is C24H49N3O. The van der Waals surface area contributed by atoms with Gasteiger partial charge in [-0.15, -0.1) is 0 Å². The third-order valence-corrected chi connectivity index (χ3v) is 5.08. The molecule has 0 fully saturated rings. The van der Waals surface area contributed by atoms with Gasteiger partial charge in [-0.25, -0.2) is 0 Å². The fraction of sp³-hybridized carbons (Fsp3) is 0.875. The number of unbranched alkanes of at least 4 members (excludes halogenated alkanes) is 11. The molecule has 0 aromatic carbocycles. The second-order valence-corrected chi connectivity index (χ2v) is 7.93. The molecule has 0 radical (unpaired) electrons. The van der Waals surface area contributed by atoms with E-state index in [4.69, 9.17) is 5.73 Å². The zero-order chi connectivity index (χ0) is 20.5. The fourth-order valence-corrected chi connectivity index (χ4v) is 3.24. The summed E-state index contributed by atoms with van der Waals surface area (Å²) in [6.07, 6.45) is 24.2. The number of amides is 1. The van der Waals surface area contributed by atoms with E-state index in [1.54, 1.807) is 0 Å². The van der Waals surface area contributed by atoms with E-state index in [9.17, 15) is 4.79 Å². The predicted molar refractivity (Wildman–Crippen MR) is 124 cm³/mol. The molecule has 0 aliphatic carbocycles. The van der Waals surface area contributed by atoms with Crippen LogP contribution in [0.25, 0.3) is 0 Å². The Bertz CT molecular complexity index is 345. The highest BCUT2D eigenvalue weighted by molar-refractivity contribution is 5.75. The summed E-state index contributed by atoms with van der Waals surface area (Å²) in [5, 5.41) is 6.33. The van der Waals surface area contributed by atoms with E-state index in [0.29, 0.717) is 6.42 Å². The third-order valence-electron chi connectivity index (χ3n) is 5.08. The second-order valence-electron chi connectivity index (χ2n) is 7.93. The van der Waals surface area contributed by atoms with Crippen LogP contribution in [0.2, 0.25) is 0 Å². The van der Waals surface area contributed by atoms with Gasteiger partial charge < -0.3 is 16.4 Å². The van der Waals surface area contributed by atoms with Gasteiger partial charge in [0.25, 0.3) is 0 Å². The van der Waals surface area contributed by atoms with Gasteiger partial charge in [0.05, 0.1) is 0 Å². The summed E-state index contributed by atoms with van der Waals surface area (Å²) in [6, 6.07) is 0. The lowest BCUT2D eigenvalue weighted by Gasteiger charge is -2.06. The first-order chi connectivity index (χ1) is 13.8. The van der Waals surface area contributed by atoms with Gasteiger partial charge in [-0.3, -0.25) is 4.79 Å². The van der Waals surface area contributed by atoms with Crippen molar-refractivity contribution in [2.75, 3.05) is 26.2 Å². The second kappa shape index (κ2) is 24.2. The molecule has 0 aliphatic rings. The number of rotatable bonds is 22. The minimum atomic E-state index is 0.208. The van der Waals surface area contributed by atoms with Crippen molar-refractivity contribution in [1.29, 1.82) is 0 Å². The lowest BCUT2D eigenvalue weighted by atomic mass is 10.1. The smallest absolute Gasteiger partial charge is 0.219 e. The van der Waals surface area contributed by atoms with Crippen LogP contribution >= 0.6 is 0 Å². The van der Waals surface area contributed by atoms with Crippen molar-refractivity contribution >= 4 is 5.91 Å². The van der Waals surface area contributed by atoms with E-state index in [1.807, 2.05) is 0 Å². The van der Waals surface area contributed by atoms with Crippen molar-refractivity contribution in [3.8, 4) is 0 Å². The van der Waals surface area contributed by atoms with Crippen LogP contribution in [0.5, 0.6) is 0 Å². The van der Waals surface area contributed by atoms with Crippen LogP contribution < -0.4 is 16.4 Å². The first kappa shape index (κ1) is 27.1. The summed E-state index contributed by atoms with van der Waals surface area (Å²) in [5.41, 5.74) is 5.44. The Balaban J connectivity index is 3.19.